The Morgan fingerprint density at radius 2 is 1.71 bits per heavy atom. The highest BCUT2D eigenvalue weighted by Crippen LogP contribution is 2.16. The second-order valence-electron chi connectivity index (χ2n) is 5.10. The minimum Gasteiger partial charge on any atom is -0.369 e. The van der Waals surface area contributed by atoms with Crippen LogP contribution >= 0.6 is 0 Å². The molecule has 0 saturated carbocycles. The Kier molecular flexibility index (Phi) is 4.02. The molecule has 2 rings (SSSR count). The lowest BCUT2D eigenvalue weighted by atomic mass is 10.2. The van der Waals surface area contributed by atoms with Gasteiger partial charge in [-0.25, -0.2) is 0 Å². The summed E-state index contributed by atoms with van der Waals surface area (Å²) in [7, 11) is 0. The van der Waals surface area contributed by atoms with Gasteiger partial charge >= 0.3 is 0 Å². The summed E-state index contributed by atoms with van der Waals surface area (Å²) in [5.74, 6) is 0. The van der Waals surface area contributed by atoms with Crippen LogP contribution in [0.1, 0.15) is 12.5 Å². The number of aryl methyl sites for hydroxylation is 1. The summed E-state index contributed by atoms with van der Waals surface area (Å²) in [6, 6.07) is 9.08. The monoisotopic (exact) mass is 233 g/mol. The summed E-state index contributed by atoms with van der Waals surface area (Å²) in [4.78, 5) is 4.91. The van der Waals surface area contributed by atoms with Crippen molar-refractivity contribution in [2.24, 2.45) is 5.73 Å². The van der Waals surface area contributed by atoms with E-state index < -0.39 is 0 Å². The summed E-state index contributed by atoms with van der Waals surface area (Å²) in [5, 5.41) is 0. The summed E-state index contributed by atoms with van der Waals surface area (Å²) < 4.78 is 0. The first-order valence-electron chi connectivity index (χ1n) is 6.45. The molecule has 1 aromatic rings. The van der Waals surface area contributed by atoms with Gasteiger partial charge in [-0.15, -0.1) is 0 Å². The molecule has 0 bridgehead atoms. The van der Waals surface area contributed by atoms with E-state index in [1.807, 2.05) is 0 Å². The first kappa shape index (κ1) is 12.4. The lowest BCUT2D eigenvalue weighted by Crippen LogP contribution is -2.49. The highest BCUT2D eigenvalue weighted by molar-refractivity contribution is 5.47. The lowest BCUT2D eigenvalue weighted by Gasteiger charge is -2.36. The third-order valence-corrected chi connectivity index (χ3v) is 3.32. The molecule has 3 heteroatoms. The summed E-state index contributed by atoms with van der Waals surface area (Å²) in [6.45, 7) is 9.68. The molecule has 1 aromatic carbocycles. The van der Waals surface area contributed by atoms with Gasteiger partial charge in [-0.3, -0.25) is 4.90 Å². The molecular weight excluding hydrogens is 210 g/mol. The fourth-order valence-electron chi connectivity index (χ4n) is 2.35. The van der Waals surface area contributed by atoms with Gasteiger partial charge in [0.1, 0.15) is 0 Å². The number of benzene rings is 1. The van der Waals surface area contributed by atoms with Crippen LogP contribution in [0.2, 0.25) is 0 Å². The predicted octanol–water partition coefficient (Wildman–Crippen LogP) is 1.46. The lowest BCUT2D eigenvalue weighted by molar-refractivity contribution is 0.247. The molecule has 1 fully saturated rings. The van der Waals surface area contributed by atoms with Crippen molar-refractivity contribution in [3.63, 3.8) is 0 Å². The summed E-state index contributed by atoms with van der Waals surface area (Å²) in [6.07, 6.45) is 0. The smallest absolute Gasteiger partial charge is 0.0367 e. The van der Waals surface area contributed by atoms with Crippen LogP contribution in [-0.2, 0) is 0 Å². The molecule has 0 unspecified atom stereocenters. The van der Waals surface area contributed by atoms with Crippen molar-refractivity contribution in [2.45, 2.75) is 19.9 Å². The minimum absolute atomic E-state index is 0.279. The maximum Gasteiger partial charge on any atom is 0.0367 e. The van der Waals surface area contributed by atoms with E-state index in [9.17, 15) is 0 Å². The van der Waals surface area contributed by atoms with E-state index in [4.69, 9.17) is 5.73 Å². The molecule has 0 spiro atoms. The molecule has 3 nitrogen and oxygen atoms in total. The molecule has 17 heavy (non-hydrogen) atoms. The van der Waals surface area contributed by atoms with E-state index in [0.29, 0.717) is 0 Å². The molecule has 94 valence electrons. The quantitative estimate of drug-likeness (QED) is 0.858. The van der Waals surface area contributed by atoms with Gasteiger partial charge in [-0.2, -0.15) is 0 Å². The molecule has 1 atom stereocenters. The Hall–Kier alpha value is -1.06. The molecule has 0 amide bonds. The van der Waals surface area contributed by atoms with Crippen LogP contribution in [0.4, 0.5) is 5.69 Å². The molecule has 0 aliphatic carbocycles. The molecular formula is C14H23N3. The van der Waals surface area contributed by atoms with Crippen molar-refractivity contribution >= 4 is 5.69 Å². The molecule has 2 N–H and O–H groups in total. The van der Waals surface area contributed by atoms with Crippen molar-refractivity contribution in [1.82, 2.24) is 4.90 Å². The van der Waals surface area contributed by atoms with Gasteiger partial charge in [0.05, 0.1) is 0 Å². The van der Waals surface area contributed by atoms with Gasteiger partial charge in [0.15, 0.2) is 0 Å². The van der Waals surface area contributed by atoms with Crippen LogP contribution in [0.3, 0.4) is 0 Å². The largest absolute Gasteiger partial charge is 0.369 e. The van der Waals surface area contributed by atoms with E-state index in [1.54, 1.807) is 0 Å². The molecule has 1 saturated heterocycles. The summed E-state index contributed by atoms with van der Waals surface area (Å²) in [5.41, 5.74) is 8.50. The van der Waals surface area contributed by atoms with E-state index >= 15 is 0 Å². The zero-order valence-corrected chi connectivity index (χ0v) is 10.9. The van der Waals surface area contributed by atoms with Gasteiger partial charge in [0.2, 0.25) is 0 Å². The minimum atomic E-state index is 0.279. The average Bonchev–Trinajstić information content (AvgIpc) is 2.30. The fraction of sp³-hybridized carbons (Fsp3) is 0.571. The van der Waals surface area contributed by atoms with Gasteiger partial charge in [-0.05, 0) is 26.0 Å². The van der Waals surface area contributed by atoms with Crippen LogP contribution < -0.4 is 10.6 Å². The Morgan fingerprint density at radius 1 is 1.12 bits per heavy atom. The topological polar surface area (TPSA) is 32.5 Å². The van der Waals surface area contributed by atoms with E-state index in [1.165, 1.54) is 11.3 Å². The van der Waals surface area contributed by atoms with Crippen molar-refractivity contribution in [1.29, 1.82) is 0 Å². The number of piperazine rings is 1. The fourth-order valence-corrected chi connectivity index (χ4v) is 2.35. The van der Waals surface area contributed by atoms with Crippen LogP contribution in [0, 0.1) is 6.92 Å². The Labute approximate surface area is 104 Å². The number of anilines is 1. The Bertz CT molecular complexity index is 337. The highest BCUT2D eigenvalue weighted by Gasteiger charge is 2.17. The standard InChI is InChI=1S/C14H23N3/c1-12-3-5-14(6-4-12)17-9-7-16(8-10-17)11-13(2)15/h3-6,13H,7-11,15H2,1-2H3/t13-/m1/s1. The Morgan fingerprint density at radius 3 is 2.24 bits per heavy atom. The first-order valence-corrected chi connectivity index (χ1v) is 6.45. The van der Waals surface area contributed by atoms with Gasteiger partial charge in [0.25, 0.3) is 0 Å². The van der Waals surface area contributed by atoms with E-state index in [-0.39, 0.29) is 6.04 Å². The van der Waals surface area contributed by atoms with Crippen LogP contribution in [0.5, 0.6) is 0 Å². The average molecular weight is 233 g/mol. The molecule has 0 radical (unpaired) electrons. The number of hydrogen-bond donors (Lipinski definition) is 1. The molecule has 1 heterocycles. The number of nitrogens with zero attached hydrogens (tertiary/aromatic N) is 2. The van der Waals surface area contributed by atoms with E-state index in [0.717, 1.165) is 32.7 Å². The Balaban J connectivity index is 1.88. The van der Waals surface area contributed by atoms with Crippen LogP contribution in [0.25, 0.3) is 0 Å². The second-order valence-corrected chi connectivity index (χ2v) is 5.10. The summed E-state index contributed by atoms with van der Waals surface area (Å²) >= 11 is 0. The van der Waals surface area contributed by atoms with Crippen LogP contribution in [-0.4, -0.2) is 43.7 Å². The van der Waals surface area contributed by atoms with Crippen molar-refractivity contribution in [2.75, 3.05) is 37.6 Å². The third-order valence-electron chi connectivity index (χ3n) is 3.32. The zero-order valence-electron chi connectivity index (χ0n) is 10.9. The van der Waals surface area contributed by atoms with Gasteiger partial charge in [-0.1, -0.05) is 17.7 Å². The van der Waals surface area contributed by atoms with Crippen LogP contribution in [0.15, 0.2) is 24.3 Å². The number of rotatable bonds is 3. The number of nitrogens with two attached hydrogens (primary N) is 1. The number of hydrogen-bond acceptors (Lipinski definition) is 3. The normalized spacial score (nSPS) is 19.4. The zero-order chi connectivity index (χ0) is 12.3. The third kappa shape index (κ3) is 3.45. The van der Waals surface area contributed by atoms with Crippen molar-refractivity contribution in [3.8, 4) is 0 Å². The first-order chi connectivity index (χ1) is 8.15. The van der Waals surface area contributed by atoms with Crippen molar-refractivity contribution in [3.05, 3.63) is 29.8 Å². The van der Waals surface area contributed by atoms with Gasteiger partial charge in [0, 0.05) is 44.5 Å². The molecule has 1 aliphatic rings. The predicted molar refractivity (Wildman–Crippen MR) is 73.5 cm³/mol. The maximum atomic E-state index is 5.83. The SMILES string of the molecule is Cc1ccc(N2CCN(C[C@@H](C)N)CC2)cc1. The second kappa shape index (κ2) is 5.52. The highest BCUT2D eigenvalue weighted by atomic mass is 15.3. The van der Waals surface area contributed by atoms with Gasteiger partial charge < -0.3 is 10.6 Å². The van der Waals surface area contributed by atoms with Crippen molar-refractivity contribution < 1.29 is 0 Å². The maximum absolute atomic E-state index is 5.83. The molecule has 1 aliphatic heterocycles. The molecule has 0 aromatic heterocycles. The van der Waals surface area contributed by atoms with E-state index in [2.05, 4.69) is 47.9 Å².